The lowest BCUT2D eigenvalue weighted by Gasteiger charge is -2.40. The first-order chi connectivity index (χ1) is 10.1. The molecule has 1 aliphatic rings. The van der Waals surface area contributed by atoms with Crippen molar-refractivity contribution in [1.82, 2.24) is 0 Å². The first-order valence-corrected chi connectivity index (χ1v) is 6.85. The van der Waals surface area contributed by atoms with Crippen LogP contribution in [0.15, 0.2) is 18.2 Å². The number of nitrogens with zero attached hydrogens (tertiary/aromatic N) is 1. The fraction of sp³-hybridized carbons (Fsp3) is 0.571. The van der Waals surface area contributed by atoms with Crippen molar-refractivity contribution >= 4 is 5.69 Å². The number of aliphatic hydroxyl groups excluding tert-OH is 1. The predicted octanol–water partition coefficient (Wildman–Crippen LogP) is 1.91. The fourth-order valence-corrected chi connectivity index (χ4v) is 2.21. The van der Waals surface area contributed by atoms with E-state index in [2.05, 4.69) is 0 Å². The number of aliphatic hydroxyl groups is 1. The fourth-order valence-electron chi connectivity index (χ4n) is 2.21. The maximum Gasteiger partial charge on any atom is 0.314 e. The molecule has 1 aromatic rings. The predicted molar refractivity (Wildman–Crippen MR) is 74.7 cm³/mol. The van der Waals surface area contributed by atoms with E-state index >= 15 is 0 Å². The maximum atomic E-state index is 11.0. The largest absolute Gasteiger partial charge is 0.490 e. The second kappa shape index (κ2) is 6.73. The van der Waals surface area contributed by atoms with Gasteiger partial charge in [-0.15, -0.1) is 0 Å². The number of hydrogen-bond acceptors (Lipinski definition) is 6. The van der Waals surface area contributed by atoms with Crippen molar-refractivity contribution in [3.8, 4) is 11.5 Å². The van der Waals surface area contributed by atoms with Crippen LogP contribution in [0.1, 0.15) is 19.8 Å². The van der Waals surface area contributed by atoms with Crippen molar-refractivity contribution in [2.45, 2.75) is 38.1 Å². The molecule has 1 N–H and O–H groups in total. The molecule has 0 spiro atoms. The van der Waals surface area contributed by atoms with Crippen molar-refractivity contribution in [3.05, 3.63) is 28.3 Å². The minimum absolute atomic E-state index is 0.152. The Balaban J connectivity index is 2.06. The van der Waals surface area contributed by atoms with Crippen LogP contribution in [0.4, 0.5) is 5.69 Å². The van der Waals surface area contributed by atoms with Gasteiger partial charge >= 0.3 is 5.69 Å². The van der Waals surface area contributed by atoms with Gasteiger partial charge in [0.05, 0.1) is 24.2 Å². The SMILES string of the molecule is CCCOC1C(O)CC1Oc1ccc(OC)c([N+](=O)[O-])c1. The van der Waals surface area contributed by atoms with Crippen molar-refractivity contribution in [2.24, 2.45) is 0 Å². The Morgan fingerprint density at radius 1 is 1.48 bits per heavy atom. The van der Waals surface area contributed by atoms with Gasteiger partial charge in [-0.05, 0) is 18.6 Å². The van der Waals surface area contributed by atoms with Crippen LogP contribution < -0.4 is 9.47 Å². The summed E-state index contributed by atoms with van der Waals surface area (Å²) in [6, 6.07) is 4.41. The summed E-state index contributed by atoms with van der Waals surface area (Å²) in [5.74, 6) is 0.546. The summed E-state index contributed by atoms with van der Waals surface area (Å²) in [7, 11) is 1.37. The molecule has 1 fully saturated rings. The van der Waals surface area contributed by atoms with Crippen LogP contribution in [0.25, 0.3) is 0 Å². The zero-order chi connectivity index (χ0) is 15.4. The van der Waals surface area contributed by atoms with E-state index in [1.165, 1.54) is 19.2 Å². The first-order valence-electron chi connectivity index (χ1n) is 6.85. The number of nitro groups is 1. The Morgan fingerprint density at radius 2 is 2.24 bits per heavy atom. The highest BCUT2D eigenvalue weighted by molar-refractivity contribution is 5.50. The number of benzene rings is 1. The summed E-state index contributed by atoms with van der Waals surface area (Å²) in [6.07, 6.45) is 0.0819. The number of hydrogen-bond donors (Lipinski definition) is 1. The number of nitro benzene ring substituents is 1. The van der Waals surface area contributed by atoms with Gasteiger partial charge in [-0.3, -0.25) is 10.1 Å². The van der Waals surface area contributed by atoms with E-state index in [0.717, 1.165) is 6.42 Å². The van der Waals surface area contributed by atoms with Crippen LogP contribution in [0.3, 0.4) is 0 Å². The van der Waals surface area contributed by atoms with Crippen molar-refractivity contribution in [2.75, 3.05) is 13.7 Å². The van der Waals surface area contributed by atoms with Gasteiger partial charge in [0, 0.05) is 13.0 Å². The van der Waals surface area contributed by atoms with Crippen molar-refractivity contribution in [1.29, 1.82) is 0 Å². The van der Waals surface area contributed by atoms with Crippen LogP contribution >= 0.6 is 0 Å². The Morgan fingerprint density at radius 3 is 2.81 bits per heavy atom. The minimum Gasteiger partial charge on any atom is -0.490 e. The number of ether oxygens (including phenoxy) is 3. The highest BCUT2D eigenvalue weighted by Gasteiger charge is 2.43. The second-order valence-corrected chi connectivity index (χ2v) is 4.89. The third-order valence-corrected chi connectivity index (χ3v) is 3.37. The minimum atomic E-state index is -0.546. The van der Waals surface area contributed by atoms with E-state index < -0.39 is 11.0 Å². The maximum absolute atomic E-state index is 11.0. The third-order valence-electron chi connectivity index (χ3n) is 3.37. The third kappa shape index (κ3) is 3.43. The molecular weight excluding hydrogens is 278 g/mol. The molecule has 0 bridgehead atoms. The molecule has 1 saturated carbocycles. The number of rotatable bonds is 7. The molecule has 21 heavy (non-hydrogen) atoms. The molecule has 1 aromatic carbocycles. The van der Waals surface area contributed by atoms with E-state index in [-0.39, 0.29) is 23.6 Å². The molecule has 0 aliphatic heterocycles. The Bertz CT molecular complexity index is 506. The van der Waals surface area contributed by atoms with Gasteiger partial charge in [-0.1, -0.05) is 6.92 Å². The number of methoxy groups -OCH3 is 1. The molecule has 7 heteroatoms. The molecule has 0 saturated heterocycles. The van der Waals surface area contributed by atoms with E-state index in [1.807, 2.05) is 6.92 Å². The standard InChI is InChI=1S/C14H19NO6/c1-3-6-20-14-11(16)8-13(14)21-9-4-5-12(19-2)10(7-9)15(17)18/h4-5,7,11,13-14,16H,3,6,8H2,1-2H3. The van der Waals surface area contributed by atoms with Crippen molar-refractivity contribution < 1.29 is 24.2 Å². The van der Waals surface area contributed by atoms with E-state index in [4.69, 9.17) is 14.2 Å². The molecule has 0 heterocycles. The van der Waals surface area contributed by atoms with Gasteiger partial charge < -0.3 is 19.3 Å². The lowest BCUT2D eigenvalue weighted by atomic mass is 9.88. The molecule has 7 nitrogen and oxygen atoms in total. The van der Waals surface area contributed by atoms with E-state index in [1.54, 1.807) is 6.07 Å². The monoisotopic (exact) mass is 297 g/mol. The molecule has 0 aromatic heterocycles. The summed E-state index contributed by atoms with van der Waals surface area (Å²) >= 11 is 0. The normalized spacial score (nSPS) is 24.2. The Hall–Kier alpha value is -1.86. The zero-order valence-electron chi connectivity index (χ0n) is 12.0. The van der Waals surface area contributed by atoms with Gasteiger partial charge in [0.2, 0.25) is 0 Å². The van der Waals surface area contributed by atoms with Crippen LogP contribution in [0, 0.1) is 10.1 Å². The smallest absolute Gasteiger partial charge is 0.314 e. The highest BCUT2D eigenvalue weighted by atomic mass is 16.6. The lowest BCUT2D eigenvalue weighted by molar-refractivity contribution is -0.385. The Labute approximate surface area is 122 Å². The topological polar surface area (TPSA) is 91.1 Å². The van der Waals surface area contributed by atoms with Gasteiger partial charge in [0.15, 0.2) is 5.75 Å². The van der Waals surface area contributed by atoms with Gasteiger partial charge in [-0.25, -0.2) is 0 Å². The van der Waals surface area contributed by atoms with Crippen LogP contribution in [-0.2, 0) is 4.74 Å². The lowest BCUT2D eigenvalue weighted by Crippen LogP contribution is -2.55. The summed E-state index contributed by atoms with van der Waals surface area (Å²) in [5, 5.41) is 20.6. The van der Waals surface area contributed by atoms with Crippen LogP contribution in [0.5, 0.6) is 11.5 Å². The van der Waals surface area contributed by atoms with Crippen LogP contribution in [0.2, 0.25) is 0 Å². The summed E-state index contributed by atoms with van der Waals surface area (Å²) < 4.78 is 16.1. The molecule has 3 unspecified atom stereocenters. The first kappa shape index (κ1) is 15.5. The summed E-state index contributed by atoms with van der Waals surface area (Å²) in [5.41, 5.74) is -0.152. The second-order valence-electron chi connectivity index (χ2n) is 4.89. The van der Waals surface area contributed by atoms with E-state index in [9.17, 15) is 15.2 Å². The summed E-state index contributed by atoms with van der Waals surface area (Å²) in [6.45, 7) is 2.53. The molecular formula is C14H19NO6. The molecule has 116 valence electrons. The average Bonchev–Trinajstić information content (AvgIpc) is 2.46. The molecule has 2 rings (SSSR count). The summed E-state index contributed by atoms with van der Waals surface area (Å²) in [4.78, 5) is 10.4. The van der Waals surface area contributed by atoms with Gasteiger partial charge in [0.1, 0.15) is 18.0 Å². The highest BCUT2D eigenvalue weighted by Crippen LogP contribution is 2.34. The quantitative estimate of drug-likeness (QED) is 0.610. The zero-order valence-corrected chi connectivity index (χ0v) is 12.0. The van der Waals surface area contributed by atoms with Gasteiger partial charge in [-0.2, -0.15) is 0 Å². The molecule has 0 radical (unpaired) electrons. The van der Waals surface area contributed by atoms with Gasteiger partial charge in [0.25, 0.3) is 0 Å². The molecule has 3 atom stereocenters. The van der Waals surface area contributed by atoms with Crippen LogP contribution in [-0.4, -0.2) is 42.1 Å². The Kier molecular flexibility index (Phi) is 4.98. The van der Waals surface area contributed by atoms with Crippen molar-refractivity contribution in [3.63, 3.8) is 0 Å². The molecule has 1 aliphatic carbocycles. The average molecular weight is 297 g/mol. The van der Waals surface area contributed by atoms with E-state index in [0.29, 0.717) is 18.8 Å². The molecule has 0 amide bonds.